The van der Waals surface area contributed by atoms with Crippen molar-refractivity contribution in [2.75, 3.05) is 7.05 Å². The molecule has 0 aliphatic heterocycles. The van der Waals surface area contributed by atoms with Gasteiger partial charge in [0.2, 0.25) is 5.91 Å². The fraction of sp³-hybridized carbons (Fsp3) is 0.333. The van der Waals surface area contributed by atoms with Gasteiger partial charge in [-0.15, -0.1) is 0 Å². The summed E-state index contributed by atoms with van der Waals surface area (Å²) in [6.07, 6.45) is 3.42. The Bertz CT molecular complexity index is 721. The fourth-order valence-electron chi connectivity index (χ4n) is 2.71. The molecule has 0 atom stereocenters. The summed E-state index contributed by atoms with van der Waals surface area (Å²) in [7, 11) is 1.82. The summed E-state index contributed by atoms with van der Waals surface area (Å²) in [5.41, 5.74) is 2.88. The van der Waals surface area contributed by atoms with Gasteiger partial charge in [0, 0.05) is 31.6 Å². The molecule has 130 valence electrons. The molecule has 1 saturated carbocycles. The van der Waals surface area contributed by atoms with Gasteiger partial charge in [0.15, 0.2) is 0 Å². The maximum atomic E-state index is 12.3. The fourth-order valence-corrected chi connectivity index (χ4v) is 2.71. The predicted octanol–water partition coefficient (Wildman–Crippen LogP) is 3.17. The molecule has 0 radical (unpaired) electrons. The second kappa shape index (κ2) is 7.97. The van der Waals surface area contributed by atoms with Crippen molar-refractivity contribution in [2.45, 2.75) is 38.3 Å². The normalized spacial score (nSPS) is 13.3. The third kappa shape index (κ3) is 5.18. The topological polar surface area (TPSA) is 49.4 Å². The zero-order valence-corrected chi connectivity index (χ0v) is 14.6. The smallest absolute Gasteiger partial charge is 0.251 e. The molecule has 4 nitrogen and oxygen atoms in total. The van der Waals surface area contributed by atoms with Crippen LogP contribution in [0.3, 0.4) is 0 Å². The van der Waals surface area contributed by atoms with E-state index in [-0.39, 0.29) is 11.8 Å². The number of carbonyl (C=O) groups excluding carboxylic acids is 2. The molecule has 2 amide bonds. The van der Waals surface area contributed by atoms with Crippen LogP contribution in [0.5, 0.6) is 0 Å². The van der Waals surface area contributed by atoms with Crippen LogP contribution < -0.4 is 5.32 Å². The zero-order chi connectivity index (χ0) is 17.6. The van der Waals surface area contributed by atoms with Gasteiger partial charge in [-0.2, -0.15) is 0 Å². The summed E-state index contributed by atoms with van der Waals surface area (Å²) in [5, 5.41) is 2.98. The van der Waals surface area contributed by atoms with Crippen molar-refractivity contribution in [3.05, 3.63) is 71.3 Å². The lowest BCUT2D eigenvalue weighted by Crippen LogP contribution is -2.27. The second-order valence-electron chi connectivity index (χ2n) is 6.68. The number of amides is 2. The van der Waals surface area contributed by atoms with Crippen LogP contribution in [0.25, 0.3) is 0 Å². The first kappa shape index (κ1) is 17.2. The minimum absolute atomic E-state index is 0.0126. The van der Waals surface area contributed by atoms with Crippen molar-refractivity contribution in [3.63, 3.8) is 0 Å². The summed E-state index contributed by atoms with van der Waals surface area (Å²) in [4.78, 5) is 26.0. The van der Waals surface area contributed by atoms with Crippen molar-refractivity contribution in [2.24, 2.45) is 0 Å². The standard InChI is InChI=1S/C21H24N2O2/c1-23(20(24)14-9-16-5-3-2-4-6-16)15-17-7-10-18(11-8-17)21(25)22-19-12-13-19/h2-8,10-11,19H,9,12-15H2,1H3,(H,22,25). The largest absolute Gasteiger partial charge is 0.349 e. The molecule has 1 N–H and O–H groups in total. The number of rotatable bonds is 7. The molecule has 4 heteroatoms. The van der Waals surface area contributed by atoms with Crippen molar-refractivity contribution < 1.29 is 9.59 Å². The van der Waals surface area contributed by atoms with Gasteiger partial charge < -0.3 is 10.2 Å². The molecule has 0 bridgehead atoms. The van der Waals surface area contributed by atoms with Gasteiger partial charge in [0.05, 0.1) is 0 Å². The van der Waals surface area contributed by atoms with E-state index in [1.807, 2.05) is 61.6 Å². The molecule has 0 aromatic heterocycles. The van der Waals surface area contributed by atoms with E-state index in [1.165, 1.54) is 5.56 Å². The van der Waals surface area contributed by atoms with Crippen molar-refractivity contribution >= 4 is 11.8 Å². The van der Waals surface area contributed by atoms with Gasteiger partial charge in [-0.25, -0.2) is 0 Å². The number of aryl methyl sites for hydroxylation is 1. The molecule has 25 heavy (non-hydrogen) atoms. The summed E-state index contributed by atoms with van der Waals surface area (Å²) in [6, 6.07) is 17.9. The van der Waals surface area contributed by atoms with E-state index in [0.717, 1.165) is 24.8 Å². The van der Waals surface area contributed by atoms with E-state index in [4.69, 9.17) is 0 Å². The van der Waals surface area contributed by atoms with Crippen LogP contribution >= 0.6 is 0 Å². The quantitative estimate of drug-likeness (QED) is 0.844. The first-order chi connectivity index (χ1) is 12.1. The van der Waals surface area contributed by atoms with Gasteiger partial charge >= 0.3 is 0 Å². The van der Waals surface area contributed by atoms with Crippen LogP contribution in [0.4, 0.5) is 0 Å². The SMILES string of the molecule is CN(Cc1ccc(C(=O)NC2CC2)cc1)C(=O)CCc1ccccc1. The molecule has 2 aromatic carbocycles. The lowest BCUT2D eigenvalue weighted by molar-refractivity contribution is -0.130. The highest BCUT2D eigenvalue weighted by Crippen LogP contribution is 2.19. The number of benzene rings is 2. The molecular formula is C21H24N2O2. The molecule has 3 rings (SSSR count). The van der Waals surface area contributed by atoms with Crippen molar-refractivity contribution in [1.29, 1.82) is 0 Å². The van der Waals surface area contributed by atoms with Crippen LogP contribution in [-0.4, -0.2) is 29.8 Å². The minimum atomic E-state index is -0.0126. The van der Waals surface area contributed by atoms with E-state index in [2.05, 4.69) is 5.32 Å². The summed E-state index contributed by atoms with van der Waals surface area (Å²) in [5.74, 6) is 0.112. The monoisotopic (exact) mass is 336 g/mol. The Morgan fingerprint density at radius 2 is 1.68 bits per heavy atom. The van der Waals surface area contributed by atoms with Gasteiger partial charge in [0.1, 0.15) is 0 Å². The van der Waals surface area contributed by atoms with Crippen LogP contribution in [0, 0.1) is 0 Å². The highest BCUT2D eigenvalue weighted by molar-refractivity contribution is 5.94. The second-order valence-corrected chi connectivity index (χ2v) is 6.68. The number of hydrogen-bond donors (Lipinski definition) is 1. The Morgan fingerprint density at radius 3 is 2.32 bits per heavy atom. The summed E-state index contributed by atoms with van der Waals surface area (Å²) >= 11 is 0. The van der Waals surface area contributed by atoms with Crippen molar-refractivity contribution in [3.8, 4) is 0 Å². The lowest BCUT2D eigenvalue weighted by atomic mass is 10.1. The highest BCUT2D eigenvalue weighted by atomic mass is 16.2. The molecule has 1 fully saturated rings. The zero-order valence-electron chi connectivity index (χ0n) is 14.6. The predicted molar refractivity (Wildman–Crippen MR) is 98.2 cm³/mol. The van der Waals surface area contributed by atoms with Crippen molar-refractivity contribution in [1.82, 2.24) is 10.2 Å². The summed E-state index contributed by atoms with van der Waals surface area (Å²) < 4.78 is 0. The van der Waals surface area contributed by atoms with E-state index in [0.29, 0.717) is 24.6 Å². The van der Waals surface area contributed by atoms with E-state index >= 15 is 0 Å². The molecule has 0 unspecified atom stereocenters. The minimum Gasteiger partial charge on any atom is -0.349 e. The number of nitrogens with zero attached hydrogens (tertiary/aromatic N) is 1. The number of nitrogens with one attached hydrogen (secondary N) is 1. The Morgan fingerprint density at radius 1 is 1.00 bits per heavy atom. The third-order valence-electron chi connectivity index (χ3n) is 4.44. The Labute approximate surface area is 148 Å². The lowest BCUT2D eigenvalue weighted by Gasteiger charge is -2.17. The van der Waals surface area contributed by atoms with Crippen LogP contribution in [-0.2, 0) is 17.8 Å². The number of hydrogen-bond acceptors (Lipinski definition) is 2. The molecular weight excluding hydrogens is 312 g/mol. The average molecular weight is 336 g/mol. The Balaban J connectivity index is 1.48. The van der Waals surface area contributed by atoms with Crippen LogP contribution in [0.2, 0.25) is 0 Å². The van der Waals surface area contributed by atoms with Gasteiger partial charge in [0.25, 0.3) is 5.91 Å². The van der Waals surface area contributed by atoms with E-state index in [1.54, 1.807) is 4.90 Å². The average Bonchev–Trinajstić information content (AvgIpc) is 3.45. The van der Waals surface area contributed by atoms with Crippen LogP contribution in [0.1, 0.15) is 40.7 Å². The van der Waals surface area contributed by atoms with Gasteiger partial charge in [-0.1, -0.05) is 42.5 Å². The Hall–Kier alpha value is -2.62. The molecule has 1 aliphatic rings. The van der Waals surface area contributed by atoms with Gasteiger partial charge in [-0.3, -0.25) is 9.59 Å². The summed E-state index contributed by atoms with van der Waals surface area (Å²) in [6.45, 7) is 0.554. The maximum absolute atomic E-state index is 12.3. The highest BCUT2D eigenvalue weighted by Gasteiger charge is 2.23. The third-order valence-corrected chi connectivity index (χ3v) is 4.44. The molecule has 0 heterocycles. The maximum Gasteiger partial charge on any atom is 0.251 e. The molecule has 0 saturated heterocycles. The molecule has 1 aliphatic carbocycles. The van der Waals surface area contributed by atoms with E-state index in [9.17, 15) is 9.59 Å². The van der Waals surface area contributed by atoms with E-state index < -0.39 is 0 Å². The van der Waals surface area contributed by atoms with Gasteiger partial charge in [-0.05, 0) is 42.5 Å². The van der Waals surface area contributed by atoms with Crippen LogP contribution in [0.15, 0.2) is 54.6 Å². The molecule has 0 spiro atoms. The number of carbonyl (C=O) groups is 2. The molecule has 2 aromatic rings. The Kier molecular flexibility index (Phi) is 5.49. The first-order valence-electron chi connectivity index (χ1n) is 8.79. The first-order valence-corrected chi connectivity index (χ1v) is 8.79.